The Morgan fingerprint density at radius 3 is 1.67 bits per heavy atom. The zero-order valence-electron chi connectivity index (χ0n) is 30.8. The topological polar surface area (TPSA) is 105 Å². The maximum absolute atomic E-state index is 12.8. The van der Waals surface area contributed by atoms with E-state index < -0.39 is 20.0 Å². The van der Waals surface area contributed by atoms with Crippen LogP contribution < -0.4 is 5.32 Å². The first-order chi connectivity index (χ1) is 22.0. The molecule has 0 spiro atoms. The molecule has 3 unspecified atom stereocenters. The fraction of sp³-hybridized carbons (Fsp3) is 0.919. The van der Waals surface area contributed by atoms with Crippen molar-refractivity contribution in [1.29, 1.82) is 0 Å². The zero-order chi connectivity index (χ0) is 34.4. The summed E-state index contributed by atoms with van der Waals surface area (Å²) in [5.74, 6) is -0.154. The molecule has 0 aromatic carbocycles. The van der Waals surface area contributed by atoms with E-state index in [1.54, 1.807) is 0 Å². The fourth-order valence-corrected chi connectivity index (χ4v) is 6.13. The summed E-state index contributed by atoms with van der Waals surface area (Å²) in [5, 5.41) is 13.8. The Morgan fingerprint density at radius 1 is 0.717 bits per heavy atom. The monoisotopic (exact) mass is 676 g/mol. The highest BCUT2D eigenvalue weighted by Crippen LogP contribution is 2.43. The van der Waals surface area contributed by atoms with Crippen molar-refractivity contribution < 1.29 is 32.9 Å². The molecule has 0 saturated carbocycles. The standard InChI is InChI=1S/C37H75N2O6P/c1-6-8-10-12-14-15-16-17-18-19-20-21-22-23-25-27-29-31-37(41)38-35(36(40)30-28-26-24-13-11-9-7-2)34-45-46(42,43)44-33-32-39(3,4)5/h17-18,35-36,40H,6-16,19-34H2,1-5H3,(H-,38,41,42,43)/p+1/b18-17-. The summed E-state index contributed by atoms with van der Waals surface area (Å²) in [6.45, 7) is 4.82. The molecule has 0 radical (unpaired) electrons. The molecule has 9 heteroatoms. The van der Waals surface area contributed by atoms with Gasteiger partial charge in [0.2, 0.25) is 5.91 Å². The number of likely N-dealkylation sites (N-methyl/N-ethyl adjacent to an activating group) is 1. The minimum absolute atomic E-state index is 0.0746. The quantitative estimate of drug-likeness (QED) is 0.0272. The van der Waals surface area contributed by atoms with Gasteiger partial charge in [0, 0.05) is 6.42 Å². The summed E-state index contributed by atoms with van der Waals surface area (Å²) >= 11 is 0. The van der Waals surface area contributed by atoms with Crippen LogP contribution >= 0.6 is 7.82 Å². The third kappa shape index (κ3) is 31.8. The maximum Gasteiger partial charge on any atom is 0.472 e. The number of nitrogens with one attached hydrogen (secondary N) is 1. The number of aliphatic hydroxyl groups excluding tert-OH is 1. The van der Waals surface area contributed by atoms with E-state index >= 15 is 0 Å². The number of unbranched alkanes of at least 4 members (excludes halogenated alkanes) is 19. The Labute approximate surface area is 284 Å². The highest BCUT2D eigenvalue weighted by molar-refractivity contribution is 7.47. The largest absolute Gasteiger partial charge is 0.472 e. The van der Waals surface area contributed by atoms with Gasteiger partial charge in [-0.05, 0) is 38.5 Å². The van der Waals surface area contributed by atoms with Crippen molar-refractivity contribution in [2.24, 2.45) is 0 Å². The van der Waals surface area contributed by atoms with E-state index in [9.17, 15) is 19.4 Å². The first-order valence-electron chi connectivity index (χ1n) is 19.1. The molecular formula is C37H76N2O6P+. The van der Waals surface area contributed by atoms with Crippen LogP contribution in [0.4, 0.5) is 0 Å². The Morgan fingerprint density at radius 2 is 1.17 bits per heavy atom. The number of amides is 1. The Balaban J connectivity index is 4.32. The molecule has 46 heavy (non-hydrogen) atoms. The van der Waals surface area contributed by atoms with E-state index in [0.717, 1.165) is 38.5 Å². The Hall–Kier alpha value is -0.760. The lowest BCUT2D eigenvalue weighted by atomic mass is 10.0. The van der Waals surface area contributed by atoms with Crippen molar-refractivity contribution in [3.63, 3.8) is 0 Å². The average Bonchev–Trinajstić information content (AvgIpc) is 2.99. The van der Waals surface area contributed by atoms with Gasteiger partial charge in [-0.15, -0.1) is 0 Å². The van der Waals surface area contributed by atoms with E-state index in [2.05, 4.69) is 31.3 Å². The van der Waals surface area contributed by atoms with Crippen molar-refractivity contribution in [2.75, 3.05) is 40.9 Å². The average molecular weight is 676 g/mol. The lowest BCUT2D eigenvalue weighted by molar-refractivity contribution is -0.870. The van der Waals surface area contributed by atoms with E-state index in [4.69, 9.17) is 9.05 Å². The van der Waals surface area contributed by atoms with Crippen LogP contribution in [0.25, 0.3) is 0 Å². The molecule has 0 aliphatic carbocycles. The van der Waals surface area contributed by atoms with Gasteiger partial charge in [-0.1, -0.05) is 135 Å². The van der Waals surface area contributed by atoms with Gasteiger partial charge < -0.3 is 19.8 Å². The number of carbonyl (C=O) groups is 1. The van der Waals surface area contributed by atoms with Crippen molar-refractivity contribution in [2.45, 2.75) is 180 Å². The predicted octanol–water partition coefficient (Wildman–Crippen LogP) is 9.63. The lowest BCUT2D eigenvalue weighted by Crippen LogP contribution is -2.46. The Kier molecular flexibility index (Phi) is 29.8. The number of phosphoric acid groups is 1. The zero-order valence-corrected chi connectivity index (χ0v) is 31.7. The summed E-state index contributed by atoms with van der Waals surface area (Å²) in [7, 11) is 1.61. The first kappa shape index (κ1) is 45.2. The molecule has 8 nitrogen and oxygen atoms in total. The molecule has 0 aliphatic rings. The van der Waals surface area contributed by atoms with Crippen molar-refractivity contribution >= 4 is 13.7 Å². The summed E-state index contributed by atoms with van der Waals surface area (Å²) in [5.41, 5.74) is 0. The molecule has 274 valence electrons. The van der Waals surface area contributed by atoms with Gasteiger partial charge in [0.05, 0.1) is 39.9 Å². The molecular weight excluding hydrogens is 599 g/mol. The molecule has 0 aromatic rings. The fourth-order valence-electron chi connectivity index (χ4n) is 5.39. The molecule has 0 rings (SSSR count). The summed E-state index contributed by atoms with van der Waals surface area (Å²) in [4.78, 5) is 22.9. The van der Waals surface area contributed by atoms with Crippen LogP contribution in [0.3, 0.4) is 0 Å². The van der Waals surface area contributed by atoms with Gasteiger partial charge in [0.25, 0.3) is 0 Å². The van der Waals surface area contributed by atoms with E-state index in [-0.39, 0.29) is 19.1 Å². The highest BCUT2D eigenvalue weighted by atomic mass is 31.2. The van der Waals surface area contributed by atoms with Crippen LogP contribution in [0.1, 0.15) is 168 Å². The summed E-state index contributed by atoms with van der Waals surface area (Å²) in [6.07, 6.45) is 31.0. The number of rotatable bonds is 34. The minimum atomic E-state index is -4.29. The van der Waals surface area contributed by atoms with Crippen molar-refractivity contribution in [3.05, 3.63) is 12.2 Å². The summed E-state index contributed by atoms with van der Waals surface area (Å²) in [6, 6.07) is -0.755. The van der Waals surface area contributed by atoms with E-state index in [1.165, 1.54) is 103 Å². The van der Waals surface area contributed by atoms with Gasteiger partial charge in [-0.25, -0.2) is 4.57 Å². The maximum atomic E-state index is 12.8. The molecule has 3 atom stereocenters. The second-order valence-electron chi connectivity index (χ2n) is 14.3. The van der Waals surface area contributed by atoms with Gasteiger partial charge in [-0.3, -0.25) is 13.8 Å². The molecule has 0 aromatic heterocycles. The van der Waals surface area contributed by atoms with Crippen LogP contribution in [-0.2, 0) is 18.4 Å². The van der Waals surface area contributed by atoms with Crippen molar-refractivity contribution in [1.82, 2.24) is 5.32 Å². The second-order valence-corrected chi connectivity index (χ2v) is 15.8. The lowest BCUT2D eigenvalue weighted by Gasteiger charge is -2.26. The van der Waals surface area contributed by atoms with Crippen LogP contribution in [0.15, 0.2) is 12.2 Å². The molecule has 0 fully saturated rings. The number of carbonyl (C=O) groups excluding carboxylic acids is 1. The second kappa shape index (κ2) is 30.3. The minimum Gasteiger partial charge on any atom is -0.391 e. The van der Waals surface area contributed by atoms with Crippen LogP contribution in [-0.4, -0.2) is 73.4 Å². The van der Waals surface area contributed by atoms with Gasteiger partial charge in [0.15, 0.2) is 0 Å². The molecule has 0 aliphatic heterocycles. The number of hydrogen-bond donors (Lipinski definition) is 3. The third-order valence-corrected chi connectivity index (χ3v) is 9.50. The smallest absolute Gasteiger partial charge is 0.391 e. The normalized spacial score (nSPS) is 14.8. The molecule has 0 bridgehead atoms. The molecule has 0 saturated heterocycles. The SMILES string of the molecule is CCCCCCCC/C=C\CCCCCCCCCC(=O)NC(COP(=O)(O)OCC[N+](C)(C)C)C(O)CCCCCCCCC. The number of nitrogens with zero attached hydrogens (tertiary/aromatic N) is 1. The number of phosphoric ester groups is 1. The number of hydrogen-bond acceptors (Lipinski definition) is 5. The first-order valence-corrected chi connectivity index (χ1v) is 20.5. The number of quaternary nitrogens is 1. The number of aliphatic hydroxyl groups is 1. The van der Waals surface area contributed by atoms with Gasteiger partial charge >= 0.3 is 7.82 Å². The summed E-state index contributed by atoms with van der Waals surface area (Å²) < 4.78 is 23.4. The number of allylic oxidation sites excluding steroid dienone is 2. The highest BCUT2D eigenvalue weighted by Gasteiger charge is 2.28. The Bertz CT molecular complexity index is 773. The predicted molar refractivity (Wildman–Crippen MR) is 194 cm³/mol. The third-order valence-electron chi connectivity index (χ3n) is 8.51. The van der Waals surface area contributed by atoms with Crippen LogP contribution in [0.5, 0.6) is 0 Å². The van der Waals surface area contributed by atoms with Gasteiger partial charge in [0.1, 0.15) is 13.2 Å². The van der Waals surface area contributed by atoms with Gasteiger partial charge in [-0.2, -0.15) is 0 Å². The van der Waals surface area contributed by atoms with Crippen LogP contribution in [0, 0.1) is 0 Å². The van der Waals surface area contributed by atoms with Crippen LogP contribution in [0.2, 0.25) is 0 Å². The molecule has 0 heterocycles. The van der Waals surface area contributed by atoms with E-state index in [1.807, 2.05) is 21.1 Å². The van der Waals surface area contributed by atoms with E-state index in [0.29, 0.717) is 23.9 Å². The molecule has 3 N–H and O–H groups in total. The van der Waals surface area contributed by atoms with Crippen molar-refractivity contribution in [3.8, 4) is 0 Å². The molecule has 1 amide bonds.